The van der Waals surface area contributed by atoms with Crippen LogP contribution in [0.1, 0.15) is 82.0 Å². The second kappa shape index (κ2) is 21.7. The summed E-state index contributed by atoms with van der Waals surface area (Å²) >= 11 is 7.11. The van der Waals surface area contributed by atoms with E-state index in [1.165, 1.54) is 30.9 Å². The molecule has 6 rings (SSSR count). The minimum Gasteiger partial charge on any atom is -0.478 e. The van der Waals surface area contributed by atoms with Crippen LogP contribution in [-0.4, -0.2) is 101 Å². The Kier molecular flexibility index (Phi) is 16.4. The summed E-state index contributed by atoms with van der Waals surface area (Å²) in [4.78, 5) is 67.4. The van der Waals surface area contributed by atoms with Crippen molar-refractivity contribution in [3.05, 3.63) is 87.9 Å². The predicted octanol–water partition coefficient (Wildman–Crippen LogP) is 7.41. The van der Waals surface area contributed by atoms with Gasteiger partial charge in [0.15, 0.2) is 10.9 Å². The van der Waals surface area contributed by atoms with Gasteiger partial charge in [0, 0.05) is 32.2 Å². The highest BCUT2D eigenvalue weighted by atomic mass is 32.1. The SMILES string of the molecule is Cc1nc(OCCCOCCOCC(=O)N[C@H](C(=O)N2CCC[C@H]2C(=O)NCc2ccc(-c3scnc3C)cc2)C(C)(C)C)ccc1N1C(=S)N(c2ccc(C#N)c(C(F)(F)F)c2F)C(=O)C1(C)C. The number of ether oxygens (including phenoxy) is 3. The lowest BCUT2D eigenvalue weighted by Crippen LogP contribution is -2.58. The molecule has 0 bridgehead atoms. The van der Waals surface area contributed by atoms with Gasteiger partial charge in [0.25, 0.3) is 5.91 Å². The molecule has 2 N–H and O–H groups in total. The van der Waals surface area contributed by atoms with Crippen LogP contribution in [0.15, 0.2) is 54.0 Å². The fourth-order valence-corrected chi connectivity index (χ4v) is 9.39. The van der Waals surface area contributed by atoms with Gasteiger partial charge in [-0.3, -0.25) is 24.1 Å². The number of halogens is 4. The summed E-state index contributed by atoms with van der Waals surface area (Å²) < 4.78 is 73.7. The van der Waals surface area contributed by atoms with Crippen molar-refractivity contribution >= 4 is 63.7 Å². The van der Waals surface area contributed by atoms with E-state index in [2.05, 4.69) is 20.6 Å². The van der Waals surface area contributed by atoms with Crippen LogP contribution in [0.4, 0.5) is 28.9 Å². The molecule has 2 saturated heterocycles. The largest absolute Gasteiger partial charge is 0.478 e. The van der Waals surface area contributed by atoms with E-state index in [-0.39, 0.29) is 55.8 Å². The molecule has 15 nitrogen and oxygen atoms in total. The van der Waals surface area contributed by atoms with E-state index in [9.17, 15) is 37.6 Å². The predicted molar refractivity (Wildman–Crippen MR) is 254 cm³/mol. The summed E-state index contributed by atoms with van der Waals surface area (Å²) in [5.74, 6) is -3.41. The van der Waals surface area contributed by atoms with E-state index in [1.54, 1.807) is 29.2 Å². The smallest absolute Gasteiger partial charge is 0.420 e. The first-order valence-corrected chi connectivity index (χ1v) is 23.5. The highest BCUT2D eigenvalue weighted by molar-refractivity contribution is 7.81. The summed E-state index contributed by atoms with van der Waals surface area (Å²) in [6.45, 7) is 13.3. The van der Waals surface area contributed by atoms with Crippen molar-refractivity contribution in [3.63, 3.8) is 0 Å². The van der Waals surface area contributed by atoms with Gasteiger partial charge in [0.1, 0.15) is 29.8 Å². The Balaban J connectivity index is 0.913. The van der Waals surface area contributed by atoms with Crippen LogP contribution in [0.25, 0.3) is 10.4 Å². The number of aryl methyl sites for hydroxylation is 2. The van der Waals surface area contributed by atoms with E-state index in [0.717, 1.165) is 33.8 Å². The number of benzene rings is 2. The van der Waals surface area contributed by atoms with Crippen LogP contribution in [0.5, 0.6) is 5.88 Å². The maximum absolute atomic E-state index is 15.4. The second-order valence-electron chi connectivity index (χ2n) is 18.1. The quantitative estimate of drug-likeness (QED) is 0.0574. The maximum Gasteiger partial charge on any atom is 0.420 e. The summed E-state index contributed by atoms with van der Waals surface area (Å²) in [5, 5.41) is 14.7. The summed E-state index contributed by atoms with van der Waals surface area (Å²) in [5.41, 5.74) is -0.115. The van der Waals surface area contributed by atoms with Crippen molar-refractivity contribution in [2.75, 3.05) is 49.4 Å². The number of pyridine rings is 1. The van der Waals surface area contributed by atoms with Crippen LogP contribution < -0.4 is 25.2 Å². The molecule has 2 aromatic heterocycles. The first-order valence-electron chi connectivity index (χ1n) is 22.2. The van der Waals surface area contributed by atoms with Crippen LogP contribution >= 0.6 is 23.6 Å². The number of carbonyl (C=O) groups is 4. The van der Waals surface area contributed by atoms with Crippen molar-refractivity contribution in [2.45, 2.75) is 98.1 Å². The molecule has 0 radical (unpaired) electrons. The number of nitrogens with one attached hydrogen (secondary N) is 2. The molecule has 2 aliphatic rings. The third-order valence-corrected chi connectivity index (χ3v) is 13.0. The standard InChI is InChI=1S/C48H54F4N8O7S2/c1-28-33(60-45(68)59(44(64)47(60,6)7)34-16-15-32(24-53)38(39(34)49)48(50,51)52)17-18-37(56-28)67-21-9-20-65-22-23-66-26-36(61)57-41(46(3,4)5)43(63)58-19-8-10-35(58)42(62)54-25-30-11-13-31(14-12-30)40-29(2)55-27-69-40/h11-18,27,35,41H,8-10,19-23,25-26H2,1-7H3,(H,54,62)(H,57,61)/t35-,41+/m0/s1. The molecule has 368 valence electrons. The van der Waals surface area contributed by atoms with E-state index in [4.69, 9.17) is 26.4 Å². The number of likely N-dealkylation sites (tertiary alicyclic amines) is 1. The second-order valence-corrected chi connectivity index (χ2v) is 19.3. The van der Waals surface area contributed by atoms with Gasteiger partial charge in [-0.1, -0.05) is 45.0 Å². The van der Waals surface area contributed by atoms with Gasteiger partial charge in [-0.05, 0) is 87.5 Å². The molecule has 2 aliphatic heterocycles. The van der Waals surface area contributed by atoms with E-state index in [0.29, 0.717) is 48.6 Å². The number of hydrogen-bond donors (Lipinski definition) is 2. The van der Waals surface area contributed by atoms with E-state index < -0.39 is 63.7 Å². The number of nitriles is 1. The molecule has 0 aliphatic carbocycles. The van der Waals surface area contributed by atoms with E-state index in [1.807, 2.05) is 57.5 Å². The number of aromatic nitrogens is 2. The zero-order valence-electron chi connectivity index (χ0n) is 39.3. The van der Waals surface area contributed by atoms with Gasteiger partial charge >= 0.3 is 6.18 Å². The fourth-order valence-electron chi connectivity index (χ4n) is 8.07. The Bertz CT molecular complexity index is 2610. The van der Waals surface area contributed by atoms with E-state index >= 15 is 4.39 Å². The Hall–Kier alpha value is -6.08. The molecule has 4 amide bonds. The molecular weight excluding hydrogens is 941 g/mol. The highest BCUT2D eigenvalue weighted by Crippen LogP contribution is 2.42. The number of alkyl halides is 3. The number of amides is 4. The van der Waals surface area contributed by atoms with Crippen LogP contribution in [0.2, 0.25) is 0 Å². The zero-order chi connectivity index (χ0) is 50.4. The van der Waals surface area contributed by atoms with Gasteiger partial charge in [-0.25, -0.2) is 14.4 Å². The molecule has 0 spiro atoms. The maximum atomic E-state index is 15.4. The van der Waals surface area contributed by atoms with Gasteiger partial charge < -0.3 is 34.6 Å². The molecule has 4 aromatic rings. The van der Waals surface area contributed by atoms with Crippen molar-refractivity contribution < 1.29 is 51.0 Å². The fraction of sp³-hybridized carbons (Fsp3) is 0.458. The molecule has 2 atom stereocenters. The normalized spacial score (nSPS) is 16.4. The minimum atomic E-state index is -5.20. The lowest BCUT2D eigenvalue weighted by atomic mass is 9.85. The van der Waals surface area contributed by atoms with Gasteiger partial charge in [-0.2, -0.15) is 18.4 Å². The Morgan fingerprint density at radius 3 is 2.32 bits per heavy atom. The topological polar surface area (TPSA) is 179 Å². The Morgan fingerprint density at radius 2 is 1.68 bits per heavy atom. The monoisotopic (exact) mass is 994 g/mol. The third-order valence-electron chi connectivity index (χ3n) is 11.7. The summed E-state index contributed by atoms with van der Waals surface area (Å²) in [6.07, 6.45) is -3.58. The number of carbonyl (C=O) groups excluding carboxylic acids is 4. The summed E-state index contributed by atoms with van der Waals surface area (Å²) in [7, 11) is 0. The molecule has 2 fully saturated rings. The van der Waals surface area contributed by atoms with Crippen LogP contribution in [0, 0.1) is 36.4 Å². The average Bonchev–Trinajstić information content (AvgIpc) is 4.00. The number of anilines is 2. The number of thiocarbonyl (C=S) groups is 1. The number of rotatable bonds is 18. The number of nitrogens with zero attached hydrogens (tertiary/aromatic N) is 6. The lowest BCUT2D eigenvalue weighted by Gasteiger charge is -2.35. The minimum absolute atomic E-state index is 0.0998. The van der Waals surface area contributed by atoms with Crippen LogP contribution in [0.3, 0.4) is 0 Å². The molecule has 69 heavy (non-hydrogen) atoms. The van der Waals surface area contributed by atoms with Gasteiger partial charge in [0.05, 0.1) is 64.6 Å². The lowest BCUT2D eigenvalue weighted by molar-refractivity contribution is -0.144. The Labute approximate surface area is 407 Å². The van der Waals surface area contributed by atoms with Crippen molar-refractivity contribution in [1.82, 2.24) is 25.5 Å². The molecule has 21 heteroatoms. The first-order chi connectivity index (χ1) is 32.6. The van der Waals surface area contributed by atoms with Gasteiger partial charge in [-0.15, -0.1) is 11.3 Å². The summed E-state index contributed by atoms with van der Waals surface area (Å²) in [6, 6.07) is 12.5. The van der Waals surface area contributed by atoms with Crippen molar-refractivity contribution in [2.24, 2.45) is 5.41 Å². The zero-order valence-corrected chi connectivity index (χ0v) is 40.9. The number of thiazole rings is 1. The molecular formula is C48H54F4N8O7S2. The van der Waals surface area contributed by atoms with Gasteiger partial charge in [0.2, 0.25) is 23.6 Å². The van der Waals surface area contributed by atoms with Crippen molar-refractivity contribution in [3.8, 4) is 22.4 Å². The van der Waals surface area contributed by atoms with Crippen LogP contribution in [-0.2, 0) is 41.4 Å². The highest BCUT2D eigenvalue weighted by Gasteiger charge is 2.52. The number of hydrogen-bond acceptors (Lipinski definition) is 12. The Morgan fingerprint density at radius 1 is 0.986 bits per heavy atom. The molecule has 0 unspecified atom stereocenters. The first kappa shape index (κ1) is 52.3. The molecule has 0 saturated carbocycles. The average molecular weight is 995 g/mol. The van der Waals surface area contributed by atoms with Crippen molar-refractivity contribution in [1.29, 1.82) is 5.26 Å². The molecule has 2 aromatic carbocycles. The molecule has 4 heterocycles. The third kappa shape index (κ3) is 11.9.